The van der Waals surface area contributed by atoms with E-state index in [0.29, 0.717) is 18.1 Å². The molecule has 0 amide bonds. The lowest BCUT2D eigenvalue weighted by Crippen LogP contribution is -2.48. The second-order valence-electron chi connectivity index (χ2n) is 11.5. The summed E-state index contributed by atoms with van der Waals surface area (Å²) < 4.78 is 20.9. The second-order valence-corrected chi connectivity index (χ2v) is 13.4. The molecule has 1 aliphatic heterocycles. The van der Waals surface area contributed by atoms with Crippen LogP contribution in [-0.2, 0) is 22.8 Å². The summed E-state index contributed by atoms with van der Waals surface area (Å²) in [7, 11) is 1.88. The third-order valence-corrected chi connectivity index (χ3v) is 10.5. The molecule has 2 aromatic carbocycles. The van der Waals surface area contributed by atoms with E-state index in [1.165, 1.54) is 43.2 Å². The molecule has 5 rings (SSSR count). The maximum atomic E-state index is 11.7. The number of fused-ring (bicyclic) bond motifs is 3. The molecular formula is C32H45ClN2O4S. The van der Waals surface area contributed by atoms with Gasteiger partial charge in [-0.1, -0.05) is 43.4 Å². The Morgan fingerprint density at radius 1 is 1.12 bits per heavy atom. The van der Waals surface area contributed by atoms with Crippen LogP contribution in [0.1, 0.15) is 79.3 Å². The van der Waals surface area contributed by atoms with E-state index in [0.717, 1.165) is 86.7 Å². The van der Waals surface area contributed by atoms with E-state index in [1.54, 1.807) is 7.05 Å². The van der Waals surface area contributed by atoms with Crippen molar-refractivity contribution in [1.29, 1.82) is 0 Å². The third kappa shape index (κ3) is 7.28. The predicted molar refractivity (Wildman–Crippen MR) is 165 cm³/mol. The highest BCUT2D eigenvalue weighted by Gasteiger charge is 2.43. The van der Waals surface area contributed by atoms with Gasteiger partial charge in [0.1, 0.15) is 12.0 Å². The number of aliphatic hydroxyl groups excluding tert-OH is 1. The van der Waals surface area contributed by atoms with Crippen molar-refractivity contribution in [1.82, 2.24) is 4.72 Å². The first-order chi connectivity index (χ1) is 19.5. The van der Waals surface area contributed by atoms with Gasteiger partial charge in [0.25, 0.3) is 0 Å². The monoisotopic (exact) mass is 588 g/mol. The summed E-state index contributed by atoms with van der Waals surface area (Å²) in [5.41, 5.74) is 4.42. The Kier molecular flexibility index (Phi) is 11.5. The molecule has 3 unspecified atom stereocenters. The molecular weight excluding hydrogens is 544 g/mol. The molecule has 0 saturated heterocycles. The largest absolute Gasteiger partial charge is 0.490 e. The van der Waals surface area contributed by atoms with E-state index in [9.17, 15) is 9.00 Å². The van der Waals surface area contributed by atoms with E-state index in [4.69, 9.17) is 21.4 Å². The molecule has 1 saturated carbocycles. The van der Waals surface area contributed by atoms with Crippen LogP contribution in [0.15, 0.2) is 36.4 Å². The van der Waals surface area contributed by atoms with Crippen molar-refractivity contribution in [3.05, 3.63) is 58.1 Å². The first kappa shape index (κ1) is 31.0. The number of anilines is 1. The first-order valence-electron chi connectivity index (χ1n) is 14.8. The summed E-state index contributed by atoms with van der Waals surface area (Å²) in [6.07, 6.45) is 12.7. The zero-order chi connectivity index (χ0) is 28.5. The Morgan fingerprint density at radius 2 is 1.93 bits per heavy atom. The predicted octanol–water partition coefficient (Wildman–Crippen LogP) is 6.09. The minimum Gasteiger partial charge on any atom is -0.490 e. The van der Waals surface area contributed by atoms with E-state index in [2.05, 4.69) is 21.8 Å². The number of ether oxygens (including phenoxy) is 1. The number of aryl methyl sites for hydroxylation is 1. The van der Waals surface area contributed by atoms with Gasteiger partial charge in [-0.15, -0.1) is 0 Å². The minimum absolute atomic E-state index is 0.0782. The molecule has 220 valence electrons. The number of aliphatic hydroxyl groups is 1. The van der Waals surface area contributed by atoms with Crippen molar-refractivity contribution in [2.45, 2.75) is 69.6 Å². The highest BCUT2D eigenvalue weighted by atomic mass is 35.5. The topological polar surface area (TPSA) is 78.9 Å². The molecule has 4 atom stereocenters. The molecule has 1 heterocycles. The Morgan fingerprint density at radius 3 is 2.67 bits per heavy atom. The molecule has 0 bridgehead atoms. The van der Waals surface area contributed by atoms with Crippen molar-refractivity contribution in [2.75, 3.05) is 44.5 Å². The zero-order valence-electron chi connectivity index (χ0n) is 24.0. The summed E-state index contributed by atoms with van der Waals surface area (Å²) in [5, 5.41) is 7.80. The average Bonchev–Trinajstić information content (AvgIpc) is 3.12. The number of nitrogens with zero attached hydrogens (tertiary/aromatic N) is 1. The molecule has 40 heavy (non-hydrogen) atoms. The Bertz CT molecular complexity index is 1160. The van der Waals surface area contributed by atoms with Gasteiger partial charge in [0.15, 0.2) is 0 Å². The number of benzene rings is 2. The fourth-order valence-corrected chi connectivity index (χ4v) is 7.71. The van der Waals surface area contributed by atoms with Gasteiger partial charge in [-0.05, 0) is 98.9 Å². The molecule has 1 spiro atoms. The lowest BCUT2D eigenvalue weighted by atomic mass is 9.68. The molecule has 0 radical (unpaired) electrons. The van der Waals surface area contributed by atoms with Crippen LogP contribution >= 0.6 is 11.6 Å². The molecule has 2 N–H and O–H groups in total. The summed E-state index contributed by atoms with van der Waals surface area (Å²) >= 11 is 6.38. The van der Waals surface area contributed by atoms with Gasteiger partial charge in [0, 0.05) is 42.0 Å². The molecule has 3 aliphatic rings. The Balaban J connectivity index is 0.00000181. The number of unbranched alkanes of at least 4 members (excludes halogenated alkanes) is 3. The van der Waals surface area contributed by atoms with Crippen molar-refractivity contribution in [2.24, 2.45) is 11.8 Å². The highest BCUT2D eigenvalue weighted by Crippen LogP contribution is 2.46. The van der Waals surface area contributed by atoms with E-state index in [1.807, 2.05) is 24.3 Å². The molecule has 2 aliphatic carbocycles. The van der Waals surface area contributed by atoms with E-state index < -0.39 is 11.0 Å². The number of nitrogens with one attached hydrogen (secondary N) is 1. The van der Waals surface area contributed by atoms with Crippen LogP contribution in [-0.4, -0.2) is 55.2 Å². The zero-order valence-corrected chi connectivity index (χ0v) is 25.6. The van der Waals surface area contributed by atoms with Crippen LogP contribution in [0.5, 0.6) is 5.75 Å². The third-order valence-electron chi connectivity index (χ3n) is 9.11. The van der Waals surface area contributed by atoms with Gasteiger partial charge in [-0.3, -0.25) is 4.79 Å². The fourth-order valence-electron chi connectivity index (χ4n) is 6.84. The summed E-state index contributed by atoms with van der Waals surface area (Å²) in [6.45, 7) is 2.57. The number of rotatable bonds is 11. The Labute approximate surface area is 247 Å². The highest BCUT2D eigenvalue weighted by molar-refractivity contribution is 7.82. The molecule has 1 fully saturated rings. The number of halogens is 1. The number of hydrogen-bond donors (Lipinski definition) is 2. The van der Waals surface area contributed by atoms with Crippen molar-refractivity contribution in [3.8, 4) is 5.75 Å². The van der Waals surface area contributed by atoms with Crippen LogP contribution in [0.4, 0.5) is 5.69 Å². The maximum Gasteiger partial charge on any atom is 0.150 e. The van der Waals surface area contributed by atoms with Gasteiger partial charge in [-0.25, -0.2) is 8.93 Å². The Hall–Kier alpha value is -1.93. The number of carbonyl (C=O) groups excluding carboxylic acids is 1. The van der Waals surface area contributed by atoms with Gasteiger partial charge in [0.2, 0.25) is 0 Å². The van der Waals surface area contributed by atoms with E-state index >= 15 is 0 Å². The van der Waals surface area contributed by atoms with Gasteiger partial charge >= 0.3 is 0 Å². The SMILES string of the molecule is CNS(=O)CCCCCCC1CCC1CN1C[C@@]2(CCCc3cc(Cl)ccc32)COc2ccc(C=O)cc21.CO. The average molecular weight is 589 g/mol. The summed E-state index contributed by atoms with van der Waals surface area (Å²) in [5.74, 6) is 3.07. The minimum atomic E-state index is -0.878. The van der Waals surface area contributed by atoms with Crippen LogP contribution in [0.2, 0.25) is 5.02 Å². The maximum absolute atomic E-state index is 11.7. The smallest absolute Gasteiger partial charge is 0.150 e. The first-order valence-corrected chi connectivity index (χ1v) is 16.5. The van der Waals surface area contributed by atoms with Crippen molar-refractivity contribution >= 4 is 34.6 Å². The summed E-state index contributed by atoms with van der Waals surface area (Å²) in [6, 6.07) is 12.3. The normalized spacial score (nSPS) is 23.9. The quantitative estimate of drug-likeness (QED) is 0.245. The van der Waals surface area contributed by atoms with Crippen LogP contribution in [0.3, 0.4) is 0 Å². The lowest BCUT2D eigenvalue weighted by molar-refractivity contribution is 0.112. The standard InChI is InChI=1S/C31H41ClN2O3S.CH4O/c1-33-38(36)16-5-3-2-4-7-24-10-11-26(24)19-34-21-31(15-6-8-25-18-27(32)12-13-28(25)31)22-37-30-14-9-23(20-35)17-29(30)34;1-2/h9,12-14,17-18,20,24,26,33H,2-8,10-11,15-16,19,21-22H2,1H3;2H,1H3/t24?,26?,31-,38?;/m0./s1. The molecule has 0 aromatic heterocycles. The van der Waals surface area contributed by atoms with Crippen molar-refractivity contribution in [3.63, 3.8) is 0 Å². The van der Waals surface area contributed by atoms with Crippen LogP contribution in [0.25, 0.3) is 0 Å². The van der Waals surface area contributed by atoms with Crippen molar-refractivity contribution < 1.29 is 18.8 Å². The molecule has 6 nitrogen and oxygen atoms in total. The van der Waals surface area contributed by atoms with Crippen LogP contribution < -0.4 is 14.4 Å². The lowest BCUT2D eigenvalue weighted by Gasteiger charge is -2.44. The molecule has 8 heteroatoms. The molecule has 2 aromatic rings. The number of carbonyl (C=O) groups is 1. The number of hydrogen-bond acceptors (Lipinski definition) is 5. The second kappa shape index (κ2) is 14.8. The number of aldehydes is 1. The van der Waals surface area contributed by atoms with Crippen LogP contribution in [0, 0.1) is 11.8 Å². The summed E-state index contributed by atoms with van der Waals surface area (Å²) in [4.78, 5) is 14.2. The van der Waals surface area contributed by atoms with E-state index in [-0.39, 0.29) is 5.41 Å². The van der Waals surface area contributed by atoms with Gasteiger partial charge in [-0.2, -0.15) is 0 Å². The van der Waals surface area contributed by atoms with Gasteiger partial charge in [0.05, 0.1) is 23.3 Å². The van der Waals surface area contributed by atoms with Gasteiger partial charge < -0.3 is 14.7 Å². The fraction of sp³-hybridized carbons (Fsp3) is 0.594.